The van der Waals surface area contributed by atoms with Crippen LogP contribution in [-0.2, 0) is 4.79 Å². The van der Waals surface area contributed by atoms with Crippen molar-refractivity contribution in [2.75, 3.05) is 18.4 Å². The molecule has 1 aromatic carbocycles. The largest absolute Gasteiger partial charge is 0.369 e. The number of anilines is 1. The Bertz CT molecular complexity index is 1230. The van der Waals surface area contributed by atoms with Crippen molar-refractivity contribution in [3.05, 3.63) is 53.3 Å². The van der Waals surface area contributed by atoms with E-state index in [-0.39, 0.29) is 17.9 Å². The highest BCUT2D eigenvalue weighted by Gasteiger charge is 2.30. The van der Waals surface area contributed by atoms with Crippen LogP contribution in [0.3, 0.4) is 0 Å². The molecule has 0 aliphatic carbocycles. The third-order valence-electron chi connectivity index (χ3n) is 5.33. The van der Waals surface area contributed by atoms with E-state index in [0.29, 0.717) is 35.9 Å². The van der Waals surface area contributed by atoms with Gasteiger partial charge in [0.05, 0.1) is 28.1 Å². The molecular weight excluding hydrogens is 424 g/mol. The summed E-state index contributed by atoms with van der Waals surface area (Å²) >= 11 is 1.36. The van der Waals surface area contributed by atoms with E-state index in [9.17, 15) is 14.9 Å². The monoisotopic (exact) mass is 446 g/mol. The molecule has 3 N–H and O–H groups in total. The molecule has 0 bridgehead atoms. The van der Waals surface area contributed by atoms with Crippen LogP contribution in [0.1, 0.15) is 23.4 Å². The standard InChI is InChI=1S/C23H22N6O2S/c1-13-8-18(9-14(2)26-13)20-19(16-5-3-4-15(10-16)11-24)27-22(32-20)28-23(31)29-7-6-17(12-29)21(25)30/h3-5,8-10,17H,6-7,12H2,1-2H3,(H2,25,30)(H,27,28,31)/t17-/m0/s1. The smallest absolute Gasteiger partial charge is 0.323 e. The van der Waals surface area contributed by atoms with Gasteiger partial charge in [-0.25, -0.2) is 9.78 Å². The number of rotatable bonds is 4. The molecule has 0 spiro atoms. The zero-order chi connectivity index (χ0) is 22.8. The number of hydrogen-bond acceptors (Lipinski definition) is 6. The van der Waals surface area contributed by atoms with Crippen molar-refractivity contribution < 1.29 is 9.59 Å². The summed E-state index contributed by atoms with van der Waals surface area (Å²) < 4.78 is 0. The van der Waals surface area contributed by atoms with Crippen molar-refractivity contribution in [2.24, 2.45) is 11.7 Å². The van der Waals surface area contributed by atoms with Gasteiger partial charge in [-0.05, 0) is 50.1 Å². The van der Waals surface area contributed by atoms with E-state index in [0.717, 1.165) is 27.4 Å². The number of carbonyl (C=O) groups excluding carboxylic acids is 2. The molecule has 1 saturated heterocycles. The van der Waals surface area contributed by atoms with Gasteiger partial charge in [0, 0.05) is 30.0 Å². The summed E-state index contributed by atoms with van der Waals surface area (Å²) in [5, 5.41) is 12.6. The van der Waals surface area contributed by atoms with Crippen LogP contribution in [0.15, 0.2) is 36.4 Å². The van der Waals surface area contributed by atoms with Gasteiger partial charge in [0.25, 0.3) is 0 Å². The van der Waals surface area contributed by atoms with Crippen LogP contribution < -0.4 is 11.1 Å². The van der Waals surface area contributed by atoms with Crippen LogP contribution in [0, 0.1) is 31.1 Å². The molecule has 1 fully saturated rings. The molecule has 0 saturated carbocycles. The van der Waals surface area contributed by atoms with Crippen molar-refractivity contribution in [3.63, 3.8) is 0 Å². The van der Waals surface area contributed by atoms with Crippen LogP contribution in [0.25, 0.3) is 21.7 Å². The number of nitrogens with two attached hydrogens (primary N) is 1. The molecule has 0 radical (unpaired) electrons. The maximum absolute atomic E-state index is 12.8. The second-order valence-corrected chi connectivity index (χ2v) is 8.79. The van der Waals surface area contributed by atoms with Crippen molar-refractivity contribution >= 4 is 28.4 Å². The van der Waals surface area contributed by atoms with E-state index < -0.39 is 0 Å². The van der Waals surface area contributed by atoms with Crippen LogP contribution in [-0.4, -0.2) is 39.9 Å². The molecule has 3 amide bonds. The van der Waals surface area contributed by atoms with Crippen LogP contribution in [0.4, 0.5) is 9.93 Å². The number of nitrogens with zero attached hydrogens (tertiary/aromatic N) is 4. The fraction of sp³-hybridized carbons (Fsp3) is 0.261. The van der Waals surface area contributed by atoms with Gasteiger partial charge in [0.2, 0.25) is 5.91 Å². The molecule has 4 rings (SSSR count). The summed E-state index contributed by atoms with van der Waals surface area (Å²) in [6, 6.07) is 13.0. The van der Waals surface area contributed by atoms with E-state index in [4.69, 9.17) is 10.7 Å². The molecule has 1 aliphatic heterocycles. The SMILES string of the molecule is Cc1cc(-c2sc(NC(=O)N3CC[C@H](C(N)=O)C3)nc2-c2cccc(C#N)c2)cc(C)n1. The van der Waals surface area contributed by atoms with E-state index >= 15 is 0 Å². The average Bonchev–Trinajstić information content (AvgIpc) is 3.41. The number of pyridine rings is 1. The van der Waals surface area contributed by atoms with Gasteiger partial charge in [0.15, 0.2) is 5.13 Å². The highest BCUT2D eigenvalue weighted by Crippen LogP contribution is 2.39. The number of amides is 3. The molecule has 3 heterocycles. The third-order valence-corrected chi connectivity index (χ3v) is 6.35. The number of aryl methyl sites for hydroxylation is 2. The Labute approximate surface area is 189 Å². The lowest BCUT2D eigenvalue weighted by molar-refractivity contribution is -0.121. The Hall–Kier alpha value is -3.77. The Balaban J connectivity index is 1.70. The van der Waals surface area contributed by atoms with Gasteiger partial charge in [-0.3, -0.25) is 15.1 Å². The fourth-order valence-corrected chi connectivity index (χ4v) is 4.78. The number of hydrogen-bond donors (Lipinski definition) is 2. The Morgan fingerprint density at radius 1 is 1.19 bits per heavy atom. The molecule has 1 aliphatic rings. The molecule has 3 aromatic rings. The first kappa shape index (κ1) is 21.5. The molecule has 32 heavy (non-hydrogen) atoms. The summed E-state index contributed by atoms with van der Waals surface area (Å²) in [7, 11) is 0. The maximum Gasteiger partial charge on any atom is 0.323 e. The van der Waals surface area contributed by atoms with E-state index in [1.54, 1.807) is 17.0 Å². The normalized spacial score (nSPS) is 15.4. The lowest BCUT2D eigenvalue weighted by Crippen LogP contribution is -2.34. The zero-order valence-electron chi connectivity index (χ0n) is 17.8. The quantitative estimate of drug-likeness (QED) is 0.632. The number of carbonyl (C=O) groups is 2. The molecule has 0 unspecified atom stereocenters. The Kier molecular flexibility index (Phi) is 5.88. The predicted molar refractivity (Wildman–Crippen MR) is 123 cm³/mol. The summed E-state index contributed by atoms with van der Waals surface area (Å²) in [5.74, 6) is -0.709. The number of primary amides is 1. The number of nitrogens with one attached hydrogen (secondary N) is 1. The minimum Gasteiger partial charge on any atom is -0.369 e. The first-order valence-electron chi connectivity index (χ1n) is 10.2. The van der Waals surface area contributed by atoms with Gasteiger partial charge in [-0.2, -0.15) is 5.26 Å². The third kappa shape index (κ3) is 4.45. The molecule has 1 atom stereocenters. The Morgan fingerprint density at radius 2 is 1.94 bits per heavy atom. The topological polar surface area (TPSA) is 125 Å². The highest BCUT2D eigenvalue weighted by molar-refractivity contribution is 7.19. The summed E-state index contributed by atoms with van der Waals surface area (Å²) in [5.41, 5.74) is 10.1. The van der Waals surface area contributed by atoms with Crippen LogP contribution >= 0.6 is 11.3 Å². The highest BCUT2D eigenvalue weighted by atomic mass is 32.1. The lowest BCUT2D eigenvalue weighted by atomic mass is 10.0. The van der Waals surface area contributed by atoms with E-state index in [2.05, 4.69) is 16.4 Å². The average molecular weight is 447 g/mol. The summed E-state index contributed by atoms with van der Waals surface area (Å²) in [6.45, 7) is 4.63. The van der Waals surface area contributed by atoms with Gasteiger partial charge >= 0.3 is 6.03 Å². The summed E-state index contributed by atoms with van der Waals surface area (Å²) in [4.78, 5) is 35.8. The van der Waals surface area contributed by atoms with Gasteiger partial charge in [0.1, 0.15) is 0 Å². The molecule has 9 heteroatoms. The number of urea groups is 1. The van der Waals surface area contributed by atoms with Gasteiger partial charge in [-0.15, -0.1) is 0 Å². The zero-order valence-corrected chi connectivity index (χ0v) is 18.6. The van der Waals surface area contributed by atoms with Crippen LogP contribution in [0.5, 0.6) is 0 Å². The maximum atomic E-state index is 12.8. The number of aromatic nitrogens is 2. The minimum absolute atomic E-state index is 0.305. The second-order valence-electron chi connectivity index (χ2n) is 7.79. The summed E-state index contributed by atoms with van der Waals surface area (Å²) in [6.07, 6.45) is 0.563. The Morgan fingerprint density at radius 3 is 2.59 bits per heavy atom. The second kappa shape index (κ2) is 8.77. The van der Waals surface area contributed by atoms with E-state index in [1.165, 1.54) is 11.3 Å². The van der Waals surface area contributed by atoms with Crippen molar-refractivity contribution in [3.8, 4) is 27.8 Å². The first-order chi connectivity index (χ1) is 15.3. The van der Waals surface area contributed by atoms with Crippen LogP contribution in [0.2, 0.25) is 0 Å². The molecule has 162 valence electrons. The number of nitriles is 1. The molecule has 8 nitrogen and oxygen atoms in total. The van der Waals surface area contributed by atoms with Crippen molar-refractivity contribution in [1.29, 1.82) is 5.26 Å². The molecule has 2 aromatic heterocycles. The fourth-order valence-electron chi connectivity index (χ4n) is 3.81. The molecular formula is C23H22N6O2S. The number of likely N-dealkylation sites (tertiary alicyclic amines) is 1. The van der Waals surface area contributed by atoms with Gasteiger partial charge in [-0.1, -0.05) is 23.5 Å². The minimum atomic E-state index is -0.389. The number of thiazole rings is 1. The van der Waals surface area contributed by atoms with Crippen molar-refractivity contribution in [1.82, 2.24) is 14.9 Å². The first-order valence-corrected chi connectivity index (χ1v) is 11.0. The van der Waals surface area contributed by atoms with Crippen molar-refractivity contribution in [2.45, 2.75) is 20.3 Å². The predicted octanol–water partition coefficient (Wildman–Crippen LogP) is 3.70. The van der Waals surface area contributed by atoms with E-state index in [1.807, 2.05) is 38.1 Å². The van der Waals surface area contributed by atoms with Gasteiger partial charge < -0.3 is 10.6 Å². The number of benzene rings is 1. The lowest BCUT2D eigenvalue weighted by Gasteiger charge is -2.15.